The average molecular weight is 397 g/mol. The maximum Gasteiger partial charge on any atom is 0.303 e. The summed E-state index contributed by atoms with van der Waals surface area (Å²) in [5.74, 6) is -1.39. The van der Waals surface area contributed by atoms with Gasteiger partial charge in [0, 0.05) is 30.6 Å². The molecular weight excluding hydrogens is 360 g/mol. The fraction of sp³-hybridized carbons (Fsp3) is 0.864. The molecule has 0 amide bonds. The van der Waals surface area contributed by atoms with Crippen LogP contribution < -0.4 is 0 Å². The summed E-state index contributed by atoms with van der Waals surface area (Å²) in [4.78, 5) is 11.9. The van der Waals surface area contributed by atoms with Gasteiger partial charge < -0.3 is 24.8 Å². The van der Waals surface area contributed by atoms with E-state index in [2.05, 4.69) is 20.4 Å². The van der Waals surface area contributed by atoms with Crippen LogP contribution in [-0.4, -0.2) is 56.9 Å². The van der Waals surface area contributed by atoms with E-state index in [9.17, 15) is 20.1 Å². The Balaban J connectivity index is 2.23. The molecule has 0 aromatic rings. The van der Waals surface area contributed by atoms with Crippen LogP contribution in [0, 0.1) is 22.7 Å². The number of ether oxygens (including phenoxy) is 2. The lowest BCUT2D eigenvalue weighted by Crippen LogP contribution is -2.78. The third-order valence-corrected chi connectivity index (χ3v) is 7.97. The van der Waals surface area contributed by atoms with Crippen LogP contribution in [0.5, 0.6) is 0 Å². The topological polar surface area (TPSA) is 96.2 Å². The van der Waals surface area contributed by atoms with E-state index in [1.165, 1.54) is 6.92 Å². The number of esters is 1. The van der Waals surface area contributed by atoms with Crippen molar-refractivity contribution in [2.24, 2.45) is 22.7 Å². The van der Waals surface area contributed by atoms with Crippen molar-refractivity contribution in [1.82, 2.24) is 0 Å². The van der Waals surface area contributed by atoms with Gasteiger partial charge in [-0.05, 0) is 32.1 Å². The van der Waals surface area contributed by atoms with Gasteiger partial charge in [0.15, 0.2) is 6.10 Å². The van der Waals surface area contributed by atoms with E-state index < -0.39 is 52.9 Å². The van der Waals surface area contributed by atoms with Crippen LogP contribution >= 0.6 is 0 Å². The Bertz CT molecular complexity index is 661. The molecule has 2 aliphatic carbocycles. The second-order valence-electron chi connectivity index (χ2n) is 10.5. The van der Waals surface area contributed by atoms with Gasteiger partial charge in [0.25, 0.3) is 0 Å². The lowest BCUT2D eigenvalue weighted by atomic mass is 9.41. The molecule has 1 heterocycles. The van der Waals surface area contributed by atoms with Crippen LogP contribution in [0.15, 0.2) is 12.7 Å². The number of fused-ring (bicyclic) bond motifs is 3. The zero-order chi connectivity index (χ0) is 21.3. The predicted molar refractivity (Wildman–Crippen MR) is 104 cm³/mol. The molecule has 0 aromatic carbocycles. The smallest absolute Gasteiger partial charge is 0.303 e. The highest BCUT2D eigenvalue weighted by Crippen LogP contribution is 2.66. The van der Waals surface area contributed by atoms with Crippen LogP contribution in [0.25, 0.3) is 0 Å². The van der Waals surface area contributed by atoms with Crippen molar-refractivity contribution in [2.45, 2.75) is 96.4 Å². The van der Waals surface area contributed by atoms with E-state index in [0.717, 1.165) is 6.42 Å². The maximum atomic E-state index is 11.9. The standard InChI is InChI=1S/C22H36O6/c1-8-20(5)11-13(24)16-21(6)14(25)9-10-19(3,4)17(21)15(26)18(27-12(2)23)22(16,7)28-20/h8,13-18,24-26H,1,9-11H2,2-7H3/t13?,14-,15?,16?,17-,18-,20?,21?,22?/m0/s1. The largest absolute Gasteiger partial charge is 0.457 e. The number of aliphatic hydroxyl groups is 3. The molecule has 28 heavy (non-hydrogen) atoms. The first-order valence-corrected chi connectivity index (χ1v) is 10.3. The van der Waals surface area contributed by atoms with Crippen LogP contribution in [0.2, 0.25) is 0 Å². The minimum atomic E-state index is -1.18. The quantitative estimate of drug-likeness (QED) is 0.489. The zero-order valence-electron chi connectivity index (χ0n) is 17.9. The molecule has 6 heteroatoms. The summed E-state index contributed by atoms with van der Waals surface area (Å²) in [6.45, 7) is 14.9. The van der Waals surface area contributed by atoms with Crippen molar-refractivity contribution in [3.63, 3.8) is 0 Å². The molecule has 0 radical (unpaired) electrons. The SMILES string of the molecule is C=CC1(C)CC(O)C2C(C)(O1)[C@@H](OC(C)=O)C(O)[C@H]1C(C)(C)CC[C@H](O)C21C. The molecule has 3 N–H and O–H groups in total. The average Bonchev–Trinajstić information content (AvgIpc) is 2.54. The first kappa shape index (κ1) is 21.8. The number of carbonyl (C=O) groups is 1. The van der Waals surface area contributed by atoms with Gasteiger partial charge in [0.05, 0.1) is 23.9 Å². The molecule has 1 saturated heterocycles. The number of hydrogen-bond acceptors (Lipinski definition) is 6. The minimum absolute atomic E-state index is 0.300. The number of rotatable bonds is 2. The molecular formula is C22H36O6. The van der Waals surface area contributed by atoms with Crippen molar-refractivity contribution in [2.75, 3.05) is 0 Å². The van der Waals surface area contributed by atoms with Gasteiger partial charge in [-0.1, -0.05) is 26.8 Å². The highest BCUT2D eigenvalue weighted by molar-refractivity contribution is 5.66. The molecule has 6 unspecified atom stereocenters. The van der Waals surface area contributed by atoms with Crippen LogP contribution in [0.4, 0.5) is 0 Å². The maximum absolute atomic E-state index is 11.9. The van der Waals surface area contributed by atoms with E-state index >= 15 is 0 Å². The second-order valence-corrected chi connectivity index (χ2v) is 10.5. The summed E-state index contributed by atoms with van der Waals surface area (Å²) in [6.07, 6.45) is -0.185. The molecule has 160 valence electrons. The number of aliphatic hydroxyl groups excluding tert-OH is 3. The van der Waals surface area contributed by atoms with Crippen molar-refractivity contribution in [1.29, 1.82) is 0 Å². The van der Waals surface area contributed by atoms with Gasteiger partial charge in [-0.2, -0.15) is 0 Å². The van der Waals surface area contributed by atoms with Crippen molar-refractivity contribution in [3.05, 3.63) is 12.7 Å². The first-order valence-electron chi connectivity index (χ1n) is 10.3. The Kier molecular flexibility index (Phi) is 5.07. The molecule has 3 rings (SSSR count). The second kappa shape index (κ2) is 6.53. The Labute approximate surface area is 167 Å². The highest BCUT2D eigenvalue weighted by atomic mass is 16.6. The third-order valence-electron chi connectivity index (χ3n) is 7.97. The molecule has 2 saturated carbocycles. The summed E-state index contributed by atoms with van der Waals surface area (Å²) < 4.78 is 12.1. The highest BCUT2D eigenvalue weighted by Gasteiger charge is 2.73. The molecule has 3 aliphatic rings. The van der Waals surface area contributed by atoms with E-state index in [0.29, 0.717) is 12.8 Å². The normalized spacial score (nSPS) is 52.9. The van der Waals surface area contributed by atoms with Gasteiger partial charge in [0.1, 0.15) is 5.60 Å². The van der Waals surface area contributed by atoms with Gasteiger partial charge in [-0.3, -0.25) is 4.79 Å². The fourth-order valence-electron chi connectivity index (χ4n) is 7.05. The summed E-state index contributed by atoms with van der Waals surface area (Å²) in [7, 11) is 0. The summed E-state index contributed by atoms with van der Waals surface area (Å²) >= 11 is 0. The molecule has 0 spiro atoms. The summed E-state index contributed by atoms with van der Waals surface area (Å²) in [6, 6.07) is 0. The molecule has 1 aliphatic heterocycles. The van der Waals surface area contributed by atoms with E-state index in [4.69, 9.17) is 9.47 Å². The van der Waals surface area contributed by atoms with Gasteiger partial charge in [0.2, 0.25) is 0 Å². The molecule has 0 aromatic heterocycles. The lowest BCUT2D eigenvalue weighted by Gasteiger charge is -2.69. The van der Waals surface area contributed by atoms with Crippen molar-refractivity contribution < 1.29 is 29.6 Å². The number of hydrogen-bond donors (Lipinski definition) is 3. The van der Waals surface area contributed by atoms with Crippen molar-refractivity contribution >= 4 is 5.97 Å². The van der Waals surface area contributed by atoms with Gasteiger partial charge in [-0.15, -0.1) is 6.58 Å². The third kappa shape index (κ3) is 2.87. The molecule has 0 bridgehead atoms. The van der Waals surface area contributed by atoms with Crippen molar-refractivity contribution in [3.8, 4) is 0 Å². The minimum Gasteiger partial charge on any atom is -0.457 e. The monoisotopic (exact) mass is 396 g/mol. The lowest BCUT2D eigenvalue weighted by molar-refractivity contribution is -0.353. The van der Waals surface area contributed by atoms with Gasteiger partial charge in [-0.25, -0.2) is 0 Å². The van der Waals surface area contributed by atoms with E-state index in [1.54, 1.807) is 13.0 Å². The fourth-order valence-corrected chi connectivity index (χ4v) is 7.05. The Morgan fingerprint density at radius 3 is 2.29 bits per heavy atom. The summed E-state index contributed by atoms with van der Waals surface area (Å²) in [5.41, 5.74) is -3.10. The first-order chi connectivity index (χ1) is 12.7. The predicted octanol–water partition coefficient (Wildman–Crippen LogP) is 2.20. The Morgan fingerprint density at radius 1 is 1.14 bits per heavy atom. The number of carbonyl (C=O) groups excluding carboxylic acids is 1. The van der Waals surface area contributed by atoms with Crippen LogP contribution in [0.3, 0.4) is 0 Å². The zero-order valence-corrected chi connectivity index (χ0v) is 17.9. The summed E-state index contributed by atoms with van der Waals surface area (Å²) in [5, 5.41) is 33.9. The Hall–Kier alpha value is -0.950. The van der Waals surface area contributed by atoms with E-state index in [1.807, 2.05) is 13.8 Å². The van der Waals surface area contributed by atoms with Crippen LogP contribution in [0.1, 0.15) is 60.8 Å². The Morgan fingerprint density at radius 2 is 1.75 bits per heavy atom. The van der Waals surface area contributed by atoms with E-state index in [-0.39, 0.29) is 11.3 Å². The van der Waals surface area contributed by atoms with Crippen LogP contribution in [-0.2, 0) is 14.3 Å². The molecule has 3 fully saturated rings. The van der Waals surface area contributed by atoms with Gasteiger partial charge >= 0.3 is 5.97 Å². The molecule has 9 atom stereocenters. The molecule has 6 nitrogen and oxygen atoms in total.